The first kappa shape index (κ1) is 11.3. The lowest BCUT2D eigenvalue weighted by molar-refractivity contribution is -0.136. The molecule has 2 rings (SSSR count). The van der Waals surface area contributed by atoms with Crippen molar-refractivity contribution in [3.05, 3.63) is 22.7 Å². The Balaban J connectivity index is 2.06. The van der Waals surface area contributed by atoms with E-state index in [1.54, 1.807) is 6.20 Å². The highest BCUT2D eigenvalue weighted by Gasteiger charge is 2.22. The van der Waals surface area contributed by atoms with Gasteiger partial charge < -0.3 is 5.11 Å². The number of aromatic nitrogens is 2. The fraction of sp³-hybridized carbons (Fsp3) is 0.545. The van der Waals surface area contributed by atoms with E-state index in [9.17, 15) is 4.79 Å². The second-order valence-corrected chi connectivity index (χ2v) is 4.42. The first-order valence-corrected chi connectivity index (χ1v) is 5.77. The zero-order chi connectivity index (χ0) is 11.5. The van der Waals surface area contributed by atoms with Crippen molar-refractivity contribution < 1.29 is 9.90 Å². The lowest BCUT2D eigenvalue weighted by atomic mass is 9.85. The molecule has 0 aliphatic heterocycles. The number of aliphatic carboxylic acids is 1. The normalized spacial score (nSPS) is 15.8. The smallest absolute Gasteiger partial charge is 0.303 e. The molecular weight excluding hydrogens is 228 g/mol. The fourth-order valence-electron chi connectivity index (χ4n) is 1.67. The fourth-order valence-corrected chi connectivity index (χ4v) is 1.90. The standard InChI is InChI=1S/C11H13ClN2O2/c12-10-8(4-5-9(15)16)6-13-11(14-10)7-2-1-3-7/h6-7H,1-5H2,(H,15,16). The topological polar surface area (TPSA) is 63.1 Å². The molecule has 4 nitrogen and oxygen atoms in total. The molecule has 0 unspecified atom stereocenters. The molecule has 0 amide bonds. The van der Waals surface area contributed by atoms with Crippen LogP contribution in [0.2, 0.25) is 5.15 Å². The molecule has 1 heterocycles. The van der Waals surface area contributed by atoms with Crippen LogP contribution in [-0.4, -0.2) is 21.0 Å². The first-order valence-electron chi connectivity index (χ1n) is 5.40. The highest BCUT2D eigenvalue weighted by molar-refractivity contribution is 6.30. The molecule has 0 spiro atoms. The van der Waals surface area contributed by atoms with Gasteiger partial charge in [-0.1, -0.05) is 18.0 Å². The number of nitrogens with zero attached hydrogens (tertiary/aromatic N) is 2. The number of hydrogen-bond donors (Lipinski definition) is 1. The van der Waals surface area contributed by atoms with Crippen molar-refractivity contribution in [2.24, 2.45) is 0 Å². The summed E-state index contributed by atoms with van der Waals surface area (Å²) >= 11 is 5.99. The number of carboxylic acids is 1. The van der Waals surface area contributed by atoms with Crippen molar-refractivity contribution in [3.8, 4) is 0 Å². The van der Waals surface area contributed by atoms with Crippen LogP contribution in [0.25, 0.3) is 0 Å². The van der Waals surface area contributed by atoms with E-state index < -0.39 is 5.97 Å². The number of halogens is 1. The molecule has 0 bridgehead atoms. The van der Waals surface area contributed by atoms with Crippen LogP contribution in [0.1, 0.15) is 43.0 Å². The Bertz CT molecular complexity index is 405. The zero-order valence-electron chi connectivity index (χ0n) is 8.82. The van der Waals surface area contributed by atoms with Gasteiger partial charge in [-0.05, 0) is 19.3 Å². The van der Waals surface area contributed by atoms with E-state index in [1.165, 1.54) is 6.42 Å². The van der Waals surface area contributed by atoms with Crippen molar-refractivity contribution in [3.63, 3.8) is 0 Å². The van der Waals surface area contributed by atoms with Crippen LogP contribution in [0.3, 0.4) is 0 Å². The van der Waals surface area contributed by atoms with Gasteiger partial charge in [-0.2, -0.15) is 0 Å². The van der Waals surface area contributed by atoms with Crippen LogP contribution in [-0.2, 0) is 11.2 Å². The Morgan fingerprint density at radius 2 is 2.31 bits per heavy atom. The maximum atomic E-state index is 10.4. The molecule has 1 N–H and O–H groups in total. The molecule has 1 aliphatic carbocycles. The molecule has 0 radical (unpaired) electrons. The summed E-state index contributed by atoms with van der Waals surface area (Å²) in [7, 11) is 0. The van der Waals surface area contributed by atoms with Gasteiger partial charge in [0.1, 0.15) is 11.0 Å². The maximum absolute atomic E-state index is 10.4. The van der Waals surface area contributed by atoms with Crippen LogP contribution < -0.4 is 0 Å². The van der Waals surface area contributed by atoms with E-state index in [0.29, 0.717) is 23.1 Å². The van der Waals surface area contributed by atoms with Gasteiger partial charge in [0.2, 0.25) is 0 Å². The number of hydrogen-bond acceptors (Lipinski definition) is 3. The summed E-state index contributed by atoms with van der Waals surface area (Å²) in [5, 5.41) is 8.97. The molecule has 1 saturated carbocycles. The van der Waals surface area contributed by atoms with Crippen molar-refractivity contribution in [2.45, 2.75) is 38.0 Å². The highest BCUT2D eigenvalue weighted by atomic mass is 35.5. The summed E-state index contributed by atoms with van der Waals surface area (Å²) < 4.78 is 0. The Morgan fingerprint density at radius 3 is 2.81 bits per heavy atom. The van der Waals surface area contributed by atoms with Gasteiger partial charge >= 0.3 is 5.97 Å². The SMILES string of the molecule is O=C(O)CCc1cnc(C2CCC2)nc1Cl. The second-order valence-electron chi connectivity index (χ2n) is 4.07. The lowest BCUT2D eigenvalue weighted by Gasteiger charge is -2.23. The Labute approximate surface area is 98.7 Å². The van der Waals surface area contributed by atoms with E-state index in [-0.39, 0.29) is 6.42 Å². The average molecular weight is 241 g/mol. The van der Waals surface area contributed by atoms with Crippen LogP contribution >= 0.6 is 11.6 Å². The number of aryl methyl sites for hydroxylation is 1. The minimum atomic E-state index is -0.834. The minimum Gasteiger partial charge on any atom is -0.481 e. The van der Waals surface area contributed by atoms with Crippen LogP contribution in [0.4, 0.5) is 0 Å². The lowest BCUT2D eigenvalue weighted by Crippen LogP contribution is -2.13. The molecule has 0 saturated heterocycles. The summed E-state index contributed by atoms with van der Waals surface area (Å²) in [5.74, 6) is 0.417. The summed E-state index contributed by atoms with van der Waals surface area (Å²) in [6.07, 6.45) is 5.60. The van der Waals surface area contributed by atoms with Gasteiger partial charge in [-0.25, -0.2) is 9.97 Å². The van der Waals surface area contributed by atoms with Crippen molar-refractivity contribution in [1.29, 1.82) is 0 Å². The zero-order valence-corrected chi connectivity index (χ0v) is 9.57. The van der Waals surface area contributed by atoms with E-state index in [1.807, 2.05) is 0 Å². The first-order chi connectivity index (χ1) is 7.66. The molecular formula is C11H13ClN2O2. The van der Waals surface area contributed by atoms with E-state index in [2.05, 4.69) is 9.97 Å². The quantitative estimate of drug-likeness (QED) is 0.821. The molecule has 16 heavy (non-hydrogen) atoms. The molecule has 1 aliphatic rings. The maximum Gasteiger partial charge on any atom is 0.303 e. The number of rotatable bonds is 4. The van der Waals surface area contributed by atoms with Crippen LogP contribution in [0.15, 0.2) is 6.20 Å². The molecule has 0 atom stereocenters. The van der Waals surface area contributed by atoms with E-state index in [4.69, 9.17) is 16.7 Å². The van der Waals surface area contributed by atoms with Gasteiger partial charge in [-0.3, -0.25) is 4.79 Å². The highest BCUT2D eigenvalue weighted by Crippen LogP contribution is 2.34. The van der Waals surface area contributed by atoms with Gasteiger partial charge in [0, 0.05) is 24.1 Å². The predicted molar refractivity (Wildman–Crippen MR) is 59.6 cm³/mol. The molecule has 0 aromatic carbocycles. The number of carbonyl (C=O) groups is 1. The van der Waals surface area contributed by atoms with Gasteiger partial charge in [0.15, 0.2) is 0 Å². The summed E-state index contributed by atoms with van der Waals surface area (Å²) in [4.78, 5) is 18.9. The third-order valence-corrected chi connectivity index (χ3v) is 3.24. The Kier molecular flexibility index (Phi) is 3.39. The van der Waals surface area contributed by atoms with Crippen molar-refractivity contribution in [2.75, 3.05) is 0 Å². The third kappa shape index (κ3) is 2.50. The van der Waals surface area contributed by atoms with Gasteiger partial charge in [-0.15, -0.1) is 0 Å². The van der Waals surface area contributed by atoms with Gasteiger partial charge in [0.25, 0.3) is 0 Å². The largest absolute Gasteiger partial charge is 0.481 e. The molecule has 1 fully saturated rings. The summed E-state index contributed by atoms with van der Waals surface area (Å²) in [6, 6.07) is 0. The van der Waals surface area contributed by atoms with Crippen LogP contribution in [0, 0.1) is 0 Å². The van der Waals surface area contributed by atoms with E-state index in [0.717, 1.165) is 18.7 Å². The predicted octanol–water partition coefficient (Wildman–Crippen LogP) is 2.41. The Morgan fingerprint density at radius 1 is 1.56 bits per heavy atom. The van der Waals surface area contributed by atoms with E-state index >= 15 is 0 Å². The molecule has 5 heteroatoms. The Hall–Kier alpha value is -1.16. The number of carboxylic acid groups (broad SMARTS) is 1. The summed E-state index contributed by atoms with van der Waals surface area (Å²) in [5.41, 5.74) is 0.715. The molecule has 1 aromatic heterocycles. The third-order valence-electron chi connectivity index (χ3n) is 2.91. The second kappa shape index (κ2) is 4.78. The summed E-state index contributed by atoms with van der Waals surface area (Å²) in [6.45, 7) is 0. The average Bonchev–Trinajstić information content (AvgIpc) is 2.13. The monoisotopic (exact) mass is 240 g/mol. The molecule has 86 valence electrons. The van der Waals surface area contributed by atoms with Crippen molar-refractivity contribution >= 4 is 17.6 Å². The minimum absolute atomic E-state index is 0.0614. The van der Waals surface area contributed by atoms with Gasteiger partial charge in [0.05, 0.1) is 0 Å². The van der Waals surface area contributed by atoms with Crippen molar-refractivity contribution in [1.82, 2.24) is 9.97 Å². The molecule has 1 aromatic rings. The van der Waals surface area contributed by atoms with Crippen LogP contribution in [0.5, 0.6) is 0 Å².